The smallest absolute Gasteiger partial charge is 0.222 e. The summed E-state index contributed by atoms with van der Waals surface area (Å²) in [4.78, 5) is 21.7. The van der Waals surface area contributed by atoms with Gasteiger partial charge in [-0.2, -0.15) is 0 Å². The Morgan fingerprint density at radius 2 is 1.88 bits per heavy atom. The number of ketones is 1. The van der Waals surface area contributed by atoms with E-state index in [2.05, 4.69) is 11.9 Å². The predicted molar refractivity (Wildman–Crippen MR) is 93.3 cm³/mol. The third kappa shape index (κ3) is 2.44. The number of rotatable bonds is 2. The van der Waals surface area contributed by atoms with Crippen molar-refractivity contribution in [3.63, 3.8) is 0 Å². The Morgan fingerprint density at radius 3 is 2.71 bits per heavy atom. The largest absolute Gasteiger partial charge is 0.480 e. The van der Waals surface area contributed by atoms with Crippen LogP contribution in [0.1, 0.15) is 29.4 Å². The van der Waals surface area contributed by atoms with Crippen molar-refractivity contribution in [2.24, 2.45) is 5.92 Å². The fourth-order valence-corrected chi connectivity index (χ4v) is 3.31. The Hall–Kier alpha value is -2.75. The molecule has 0 saturated carbocycles. The minimum Gasteiger partial charge on any atom is -0.480 e. The van der Waals surface area contributed by atoms with Gasteiger partial charge >= 0.3 is 0 Å². The molecule has 0 bridgehead atoms. The molecule has 24 heavy (non-hydrogen) atoms. The maximum absolute atomic E-state index is 12.4. The molecule has 0 spiro atoms. The van der Waals surface area contributed by atoms with Crippen molar-refractivity contribution in [3.8, 4) is 17.1 Å². The van der Waals surface area contributed by atoms with Crippen LogP contribution in [0.25, 0.3) is 22.2 Å². The third-order valence-electron chi connectivity index (χ3n) is 4.51. The maximum Gasteiger partial charge on any atom is 0.222 e. The van der Waals surface area contributed by atoms with Crippen LogP contribution in [-0.2, 0) is 6.42 Å². The number of methoxy groups -OCH3 is 1. The van der Waals surface area contributed by atoms with Gasteiger partial charge < -0.3 is 4.74 Å². The van der Waals surface area contributed by atoms with Gasteiger partial charge in [-0.3, -0.25) is 4.79 Å². The van der Waals surface area contributed by atoms with E-state index in [-0.39, 0.29) is 5.78 Å². The van der Waals surface area contributed by atoms with E-state index in [0.717, 1.165) is 34.3 Å². The standard InChI is InChI=1S/C20H18N2O2/c1-12-9-18-14(19(23)10-12)11-15(20(22-18)24-2)17-8-7-13-5-3-4-6-16(13)21-17/h3-8,11-12H,9-10H2,1-2H3. The summed E-state index contributed by atoms with van der Waals surface area (Å²) >= 11 is 0. The van der Waals surface area contributed by atoms with Crippen LogP contribution in [-0.4, -0.2) is 22.9 Å². The first kappa shape index (κ1) is 14.8. The lowest BCUT2D eigenvalue weighted by atomic mass is 9.86. The van der Waals surface area contributed by atoms with Gasteiger partial charge in [-0.05, 0) is 30.5 Å². The Labute approximate surface area is 140 Å². The molecule has 1 aliphatic rings. The second kappa shape index (κ2) is 5.71. The van der Waals surface area contributed by atoms with Crippen LogP contribution < -0.4 is 4.74 Å². The van der Waals surface area contributed by atoms with E-state index >= 15 is 0 Å². The van der Waals surface area contributed by atoms with E-state index < -0.39 is 0 Å². The summed E-state index contributed by atoms with van der Waals surface area (Å²) < 4.78 is 5.49. The Balaban J connectivity index is 1.90. The van der Waals surface area contributed by atoms with Crippen molar-refractivity contribution in [3.05, 3.63) is 53.7 Å². The maximum atomic E-state index is 12.4. The number of fused-ring (bicyclic) bond motifs is 2. The first-order valence-corrected chi connectivity index (χ1v) is 8.13. The summed E-state index contributed by atoms with van der Waals surface area (Å²) in [6.07, 6.45) is 1.38. The van der Waals surface area contributed by atoms with E-state index in [1.807, 2.05) is 42.5 Å². The van der Waals surface area contributed by atoms with E-state index in [1.54, 1.807) is 7.11 Å². The number of ether oxygens (including phenoxy) is 1. The van der Waals surface area contributed by atoms with Crippen LogP contribution in [0.2, 0.25) is 0 Å². The fraction of sp³-hybridized carbons (Fsp3) is 0.250. The van der Waals surface area contributed by atoms with Gasteiger partial charge in [0.05, 0.1) is 29.6 Å². The van der Waals surface area contributed by atoms with Crippen LogP contribution in [0.3, 0.4) is 0 Å². The molecule has 4 nitrogen and oxygen atoms in total. The molecule has 1 aromatic carbocycles. The van der Waals surface area contributed by atoms with Gasteiger partial charge in [0.15, 0.2) is 5.78 Å². The highest BCUT2D eigenvalue weighted by atomic mass is 16.5. The minimum absolute atomic E-state index is 0.154. The first-order chi connectivity index (χ1) is 11.7. The molecule has 0 radical (unpaired) electrons. The Kier molecular flexibility index (Phi) is 3.53. The van der Waals surface area contributed by atoms with E-state index in [1.165, 1.54) is 0 Å². The van der Waals surface area contributed by atoms with E-state index in [9.17, 15) is 4.79 Å². The van der Waals surface area contributed by atoms with Gasteiger partial charge in [0.25, 0.3) is 0 Å². The van der Waals surface area contributed by atoms with Gasteiger partial charge in [-0.1, -0.05) is 31.2 Å². The van der Waals surface area contributed by atoms with Gasteiger partial charge in [0, 0.05) is 17.4 Å². The van der Waals surface area contributed by atoms with Crippen LogP contribution in [0, 0.1) is 5.92 Å². The highest BCUT2D eigenvalue weighted by molar-refractivity contribution is 5.99. The number of nitrogens with zero attached hydrogens (tertiary/aromatic N) is 2. The molecule has 1 atom stereocenters. The lowest BCUT2D eigenvalue weighted by Crippen LogP contribution is -2.20. The average Bonchev–Trinajstić information content (AvgIpc) is 2.60. The van der Waals surface area contributed by atoms with Crippen molar-refractivity contribution in [1.29, 1.82) is 0 Å². The van der Waals surface area contributed by atoms with Crippen molar-refractivity contribution in [1.82, 2.24) is 9.97 Å². The highest BCUT2D eigenvalue weighted by Gasteiger charge is 2.26. The molecular formula is C20H18N2O2. The molecule has 4 heteroatoms. The van der Waals surface area contributed by atoms with Gasteiger partial charge in [-0.15, -0.1) is 0 Å². The molecule has 0 fully saturated rings. The van der Waals surface area contributed by atoms with E-state index in [4.69, 9.17) is 9.72 Å². The fourth-order valence-electron chi connectivity index (χ4n) is 3.31. The minimum atomic E-state index is 0.154. The molecule has 1 aliphatic carbocycles. The predicted octanol–water partition coefficient (Wildman–Crippen LogP) is 4.07. The normalized spacial score (nSPS) is 16.9. The van der Waals surface area contributed by atoms with Gasteiger partial charge in [-0.25, -0.2) is 9.97 Å². The van der Waals surface area contributed by atoms with Gasteiger partial charge in [0.2, 0.25) is 5.88 Å². The summed E-state index contributed by atoms with van der Waals surface area (Å²) in [5.41, 5.74) is 3.99. The average molecular weight is 318 g/mol. The number of aromatic nitrogens is 2. The Morgan fingerprint density at radius 1 is 1.04 bits per heavy atom. The number of carbonyl (C=O) groups is 1. The molecule has 4 rings (SSSR count). The van der Waals surface area contributed by atoms with Crippen LogP contribution in [0.5, 0.6) is 5.88 Å². The molecular weight excluding hydrogens is 300 g/mol. The molecule has 2 aromatic heterocycles. The number of pyridine rings is 2. The van der Waals surface area contributed by atoms with E-state index in [0.29, 0.717) is 23.8 Å². The van der Waals surface area contributed by atoms with Crippen LogP contribution in [0.4, 0.5) is 0 Å². The SMILES string of the molecule is COc1nc2c(cc1-c1ccc3ccccc3n1)C(=O)CC(C)C2. The molecule has 0 N–H and O–H groups in total. The highest BCUT2D eigenvalue weighted by Crippen LogP contribution is 2.34. The van der Waals surface area contributed by atoms with Crippen LogP contribution >= 0.6 is 0 Å². The van der Waals surface area contributed by atoms with Crippen molar-refractivity contribution in [2.45, 2.75) is 19.8 Å². The summed E-state index contributed by atoms with van der Waals surface area (Å²) in [5.74, 6) is 1.01. The van der Waals surface area contributed by atoms with Crippen molar-refractivity contribution < 1.29 is 9.53 Å². The van der Waals surface area contributed by atoms with Crippen molar-refractivity contribution in [2.75, 3.05) is 7.11 Å². The molecule has 0 saturated heterocycles. The van der Waals surface area contributed by atoms with Gasteiger partial charge in [0.1, 0.15) is 0 Å². The number of benzene rings is 1. The monoisotopic (exact) mass is 318 g/mol. The second-order valence-corrected chi connectivity index (χ2v) is 6.37. The molecule has 2 heterocycles. The number of Topliss-reactive ketones (excluding diaryl/α,β-unsaturated/α-hetero) is 1. The number of para-hydroxylation sites is 1. The quantitative estimate of drug-likeness (QED) is 0.714. The molecule has 120 valence electrons. The summed E-state index contributed by atoms with van der Waals surface area (Å²) in [5, 5.41) is 1.08. The Bertz CT molecular complexity index is 950. The number of hydrogen-bond donors (Lipinski definition) is 0. The zero-order valence-electron chi connectivity index (χ0n) is 13.7. The lowest BCUT2D eigenvalue weighted by molar-refractivity contribution is 0.0952. The molecule has 0 amide bonds. The third-order valence-corrected chi connectivity index (χ3v) is 4.51. The zero-order chi connectivity index (χ0) is 16.7. The lowest BCUT2D eigenvalue weighted by Gasteiger charge is -2.21. The second-order valence-electron chi connectivity index (χ2n) is 6.37. The summed E-state index contributed by atoms with van der Waals surface area (Å²) in [6.45, 7) is 2.08. The molecule has 0 aliphatic heterocycles. The first-order valence-electron chi connectivity index (χ1n) is 8.13. The summed E-state index contributed by atoms with van der Waals surface area (Å²) in [6, 6.07) is 13.8. The zero-order valence-corrected chi connectivity index (χ0v) is 13.7. The number of carbonyl (C=O) groups excluding carboxylic acids is 1. The topological polar surface area (TPSA) is 52.1 Å². The van der Waals surface area contributed by atoms with Crippen molar-refractivity contribution >= 4 is 16.7 Å². The summed E-state index contributed by atoms with van der Waals surface area (Å²) in [7, 11) is 1.60. The number of hydrogen-bond acceptors (Lipinski definition) is 4. The van der Waals surface area contributed by atoms with Crippen LogP contribution in [0.15, 0.2) is 42.5 Å². The molecule has 1 unspecified atom stereocenters. The molecule has 3 aromatic rings.